The summed E-state index contributed by atoms with van der Waals surface area (Å²) in [6.45, 7) is 4.39. The molecule has 1 atom stereocenters. The smallest absolute Gasteiger partial charge is 0.137 e. The topological polar surface area (TPSA) is 3.24 Å². The van der Waals surface area contributed by atoms with Crippen molar-refractivity contribution in [2.75, 3.05) is 6.54 Å². The number of hydrogen-bond acceptors (Lipinski definition) is 1. The van der Waals surface area contributed by atoms with E-state index in [0.717, 1.165) is 13.1 Å². The highest BCUT2D eigenvalue weighted by Gasteiger charge is 2.17. The zero-order valence-corrected chi connectivity index (χ0v) is 11.8. The molecule has 1 nitrogen and oxygen atoms in total. The number of halogens is 2. The van der Waals surface area contributed by atoms with Gasteiger partial charge in [0.05, 0.1) is 4.47 Å². The molecular formula is C14H19BrFN. The van der Waals surface area contributed by atoms with Gasteiger partial charge >= 0.3 is 0 Å². The Balaban J connectivity index is 2.05. The molecule has 0 radical (unpaired) electrons. The highest BCUT2D eigenvalue weighted by Crippen LogP contribution is 2.21. The van der Waals surface area contributed by atoms with Crippen molar-refractivity contribution in [2.24, 2.45) is 0 Å². The molecule has 1 fully saturated rings. The minimum absolute atomic E-state index is 0.183. The Kier molecular flexibility index (Phi) is 4.57. The van der Waals surface area contributed by atoms with Crippen LogP contribution in [0.3, 0.4) is 0 Å². The van der Waals surface area contributed by atoms with Crippen molar-refractivity contribution in [1.82, 2.24) is 4.90 Å². The Labute approximate surface area is 111 Å². The first-order valence-electron chi connectivity index (χ1n) is 6.35. The van der Waals surface area contributed by atoms with Crippen LogP contribution >= 0.6 is 15.9 Å². The van der Waals surface area contributed by atoms with E-state index >= 15 is 0 Å². The molecule has 1 unspecified atom stereocenters. The summed E-state index contributed by atoms with van der Waals surface area (Å²) in [5.41, 5.74) is 1.19. The molecule has 0 bridgehead atoms. The van der Waals surface area contributed by atoms with Crippen LogP contribution in [0.25, 0.3) is 0 Å². The van der Waals surface area contributed by atoms with Gasteiger partial charge in [0, 0.05) is 12.6 Å². The molecule has 1 saturated heterocycles. The lowest BCUT2D eigenvalue weighted by Crippen LogP contribution is -2.31. The Morgan fingerprint density at radius 2 is 2.18 bits per heavy atom. The van der Waals surface area contributed by atoms with E-state index in [1.165, 1.54) is 31.2 Å². The highest BCUT2D eigenvalue weighted by atomic mass is 79.9. The molecule has 1 heterocycles. The first kappa shape index (κ1) is 13.0. The summed E-state index contributed by atoms with van der Waals surface area (Å²) in [7, 11) is 0. The van der Waals surface area contributed by atoms with Crippen molar-refractivity contribution in [3.8, 4) is 0 Å². The van der Waals surface area contributed by atoms with E-state index in [2.05, 4.69) is 27.8 Å². The predicted octanol–water partition coefficient (Wildman–Crippen LogP) is 4.35. The van der Waals surface area contributed by atoms with Gasteiger partial charge in [-0.25, -0.2) is 4.39 Å². The minimum Gasteiger partial charge on any atom is -0.296 e. The zero-order chi connectivity index (χ0) is 12.3. The largest absolute Gasteiger partial charge is 0.296 e. The lowest BCUT2D eigenvalue weighted by molar-refractivity contribution is 0.205. The van der Waals surface area contributed by atoms with Crippen molar-refractivity contribution in [2.45, 2.75) is 45.2 Å². The van der Waals surface area contributed by atoms with Gasteiger partial charge in [-0.05, 0) is 59.9 Å². The van der Waals surface area contributed by atoms with E-state index < -0.39 is 0 Å². The number of benzene rings is 1. The van der Waals surface area contributed by atoms with Crippen LogP contribution in [0.2, 0.25) is 0 Å². The third-order valence-electron chi connectivity index (χ3n) is 3.56. The minimum atomic E-state index is -0.183. The van der Waals surface area contributed by atoms with Crippen molar-refractivity contribution in [3.63, 3.8) is 0 Å². The fraction of sp³-hybridized carbons (Fsp3) is 0.571. The molecule has 1 aromatic rings. The molecule has 2 rings (SSSR count). The molecular weight excluding hydrogens is 281 g/mol. The van der Waals surface area contributed by atoms with Gasteiger partial charge in [-0.2, -0.15) is 0 Å². The van der Waals surface area contributed by atoms with Crippen LogP contribution in [0, 0.1) is 5.82 Å². The van der Waals surface area contributed by atoms with E-state index in [1.807, 2.05) is 12.1 Å². The Hall–Kier alpha value is -0.410. The summed E-state index contributed by atoms with van der Waals surface area (Å²) in [4.78, 5) is 2.51. The molecule has 17 heavy (non-hydrogen) atoms. The standard InChI is InChI=1S/C14H19BrFN/c1-11-5-3-2-4-8-17(11)10-12-6-7-14(16)13(15)9-12/h6-7,9,11H,2-5,8,10H2,1H3. The molecule has 1 aliphatic rings. The van der Waals surface area contributed by atoms with Gasteiger partial charge in [0.25, 0.3) is 0 Å². The molecule has 1 aromatic carbocycles. The molecule has 0 N–H and O–H groups in total. The first-order valence-corrected chi connectivity index (χ1v) is 7.14. The lowest BCUT2D eigenvalue weighted by atomic mass is 10.1. The average Bonchev–Trinajstić information content (AvgIpc) is 2.50. The summed E-state index contributed by atoms with van der Waals surface area (Å²) >= 11 is 3.25. The number of hydrogen-bond donors (Lipinski definition) is 0. The van der Waals surface area contributed by atoms with E-state index in [0.29, 0.717) is 10.5 Å². The van der Waals surface area contributed by atoms with Crippen LogP contribution in [-0.4, -0.2) is 17.5 Å². The van der Waals surface area contributed by atoms with Gasteiger partial charge in [0.1, 0.15) is 5.82 Å². The maximum atomic E-state index is 13.2. The molecule has 0 aliphatic carbocycles. The highest BCUT2D eigenvalue weighted by molar-refractivity contribution is 9.10. The summed E-state index contributed by atoms with van der Waals surface area (Å²) < 4.78 is 13.7. The second-order valence-corrected chi connectivity index (χ2v) is 5.77. The van der Waals surface area contributed by atoms with Crippen LogP contribution < -0.4 is 0 Å². The predicted molar refractivity (Wildman–Crippen MR) is 72.4 cm³/mol. The van der Waals surface area contributed by atoms with Crippen molar-refractivity contribution in [3.05, 3.63) is 34.1 Å². The normalized spacial score (nSPS) is 22.4. The third-order valence-corrected chi connectivity index (χ3v) is 4.17. The van der Waals surface area contributed by atoms with E-state index in [9.17, 15) is 4.39 Å². The van der Waals surface area contributed by atoms with Crippen LogP contribution in [0.15, 0.2) is 22.7 Å². The van der Waals surface area contributed by atoms with Crippen molar-refractivity contribution < 1.29 is 4.39 Å². The van der Waals surface area contributed by atoms with Crippen molar-refractivity contribution in [1.29, 1.82) is 0 Å². The number of likely N-dealkylation sites (tertiary alicyclic amines) is 1. The SMILES string of the molecule is CC1CCCCCN1Cc1ccc(F)c(Br)c1. The second-order valence-electron chi connectivity index (χ2n) is 4.92. The summed E-state index contributed by atoms with van der Waals surface area (Å²) in [5, 5.41) is 0. The van der Waals surface area contributed by atoms with Crippen LogP contribution in [0.1, 0.15) is 38.2 Å². The molecule has 0 amide bonds. The van der Waals surface area contributed by atoms with Gasteiger partial charge in [-0.15, -0.1) is 0 Å². The van der Waals surface area contributed by atoms with E-state index in [4.69, 9.17) is 0 Å². The summed E-state index contributed by atoms with van der Waals surface area (Å²) in [6.07, 6.45) is 5.24. The Bertz CT molecular complexity index is 380. The van der Waals surface area contributed by atoms with Gasteiger partial charge in [-0.1, -0.05) is 18.9 Å². The van der Waals surface area contributed by atoms with E-state index in [1.54, 1.807) is 6.07 Å². The van der Waals surface area contributed by atoms with Gasteiger partial charge in [-0.3, -0.25) is 4.90 Å². The maximum absolute atomic E-state index is 13.2. The molecule has 1 aliphatic heterocycles. The van der Waals surface area contributed by atoms with Crippen molar-refractivity contribution >= 4 is 15.9 Å². The fourth-order valence-electron chi connectivity index (χ4n) is 2.44. The van der Waals surface area contributed by atoms with Crippen LogP contribution in [0.4, 0.5) is 4.39 Å². The monoisotopic (exact) mass is 299 g/mol. The fourth-order valence-corrected chi connectivity index (χ4v) is 2.87. The summed E-state index contributed by atoms with van der Waals surface area (Å²) in [6, 6.07) is 5.97. The lowest BCUT2D eigenvalue weighted by Gasteiger charge is -2.27. The zero-order valence-electron chi connectivity index (χ0n) is 10.3. The Morgan fingerprint density at radius 3 is 2.94 bits per heavy atom. The van der Waals surface area contributed by atoms with Crippen LogP contribution in [-0.2, 0) is 6.54 Å². The molecule has 3 heteroatoms. The third kappa shape index (κ3) is 3.52. The molecule has 94 valence electrons. The number of nitrogens with zero attached hydrogens (tertiary/aromatic N) is 1. The molecule has 0 spiro atoms. The van der Waals surface area contributed by atoms with E-state index in [-0.39, 0.29) is 5.82 Å². The average molecular weight is 300 g/mol. The summed E-state index contributed by atoms with van der Waals surface area (Å²) in [5.74, 6) is -0.183. The molecule has 0 aromatic heterocycles. The van der Waals surface area contributed by atoms with Crippen LogP contribution in [0.5, 0.6) is 0 Å². The molecule has 0 saturated carbocycles. The number of rotatable bonds is 2. The maximum Gasteiger partial charge on any atom is 0.137 e. The quantitative estimate of drug-likeness (QED) is 0.784. The first-order chi connectivity index (χ1) is 8.16. The van der Waals surface area contributed by atoms with Gasteiger partial charge in [0.15, 0.2) is 0 Å². The Morgan fingerprint density at radius 1 is 1.35 bits per heavy atom. The van der Waals surface area contributed by atoms with Gasteiger partial charge in [0.2, 0.25) is 0 Å². The second kappa shape index (κ2) is 5.96. The van der Waals surface area contributed by atoms with Gasteiger partial charge < -0.3 is 0 Å².